The van der Waals surface area contributed by atoms with Crippen LogP contribution in [0.4, 0.5) is 0 Å². The number of benzene rings is 3. The lowest BCUT2D eigenvalue weighted by atomic mass is 10.1. The summed E-state index contributed by atoms with van der Waals surface area (Å²) in [6.45, 7) is 6.74. The Balaban J connectivity index is 1.53. The maximum atomic E-state index is 12.6. The molecular weight excluding hydrogens is 394 g/mol. The fraction of sp³-hybridized carbons (Fsp3) is 0.200. The lowest BCUT2D eigenvalue weighted by Gasteiger charge is -2.10. The second-order valence-electron chi connectivity index (χ2n) is 7.68. The monoisotopic (exact) mass is 417 g/mol. The second kappa shape index (κ2) is 8.33. The van der Waals surface area contributed by atoms with Crippen molar-refractivity contribution in [3.8, 4) is 5.69 Å². The van der Waals surface area contributed by atoms with Crippen LogP contribution < -0.4 is 5.32 Å². The van der Waals surface area contributed by atoms with Gasteiger partial charge in [0, 0.05) is 22.8 Å². The van der Waals surface area contributed by atoms with Crippen molar-refractivity contribution in [2.24, 2.45) is 0 Å². The molecule has 1 aromatic heterocycles. The van der Waals surface area contributed by atoms with Gasteiger partial charge in [0.2, 0.25) is 0 Å². The number of carbonyl (C=O) groups is 1. The lowest BCUT2D eigenvalue weighted by molar-refractivity contribution is 0.0954. The number of nitrogens with one attached hydrogen (secondary N) is 1. The molecule has 0 bridgehead atoms. The van der Waals surface area contributed by atoms with Crippen molar-refractivity contribution >= 4 is 28.5 Å². The molecule has 0 saturated heterocycles. The van der Waals surface area contributed by atoms with Gasteiger partial charge >= 0.3 is 0 Å². The molecule has 0 aliphatic carbocycles. The summed E-state index contributed by atoms with van der Waals surface area (Å²) >= 11 is 5.91. The number of rotatable bonds is 5. The largest absolute Gasteiger partial charge is 0.352 e. The number of amides is 1. The van der Waals surface area contributed by atoms with E-state index in [-0.39, 0.29) is 5.91 Å². The molecule has 0 aliphatic heterocycles. The Kier molecular flexibility index (Phi) is 5.60. The molecule has 0 atom stereocenters. The number of hydrogen-bond acceptors (Lipinski definition) is 2. The molecule has 0 radical (unpaired) electrons. The standard InChI is InChI=1S/C25H24ClN3O/c1-16-12-17(2)14-22(13-16)29-18(3)28-23-15-20(6-9-24(23)29)25(30)27-11-10-19-4-7-21(26)8-5-19/h4-9,12-15H,10-11H2,1-3H3,(H,27,30). The van der Waals surface area contributed by atoms with Gasteiger partial charge in [-0.25, -0.2) is 4.98 Å². The second-order valence-corrected chi connectivity index (χ2v) is 8.11. The van der Waals surface area contributed by atoms with Crippen molar-refractivity contribution < 1.29 is 4.79 Å². The summed E-state index contributed by atoms with van der Waals surface area (Å²) in [7, 11) is 0. The van der Waals surface area contributed by atoms with Crippen LogP contribution in [0.25, 0.3) is 16.7 Å². The number of aryl methyl sites for hydroxylation is 3. The Hall–Kier alpha value is -3.11. The quantitative estimate of drug-likeness (QED) is 0.461. The van der Waals surface area contributed by atoms with Gasteiger partial charge in [0.15, 0.2) is 0 Å². The van der Waals surface area contributed by atoms with E-state index in [4.69, 9.17) is 16.6 Å². The molecule has 0 spiro atoms. The highest BCUT2D eigenvalue weighted by Gasteiger charge is 2.13. The van der Waals surface area contributed by atoms with Crippen LogP contribution in [0.15, 0.2) is 60.7 Å². The normalized spacial score (nSPS) is 11.1. The van der Waals surface area contributed by atoms with Crippen LogP contribution in [0.3, 0.4) is 0 Å². The summed E-state index contributed by atoms with van der Waals surface area (Å²) in [6.07, 6.45) is 0.756. The number of hydrogen-bond donors (Lipinski definition) is 1. The van der Waals surface area contributed by atoms with Gasteiger partial charge in [-0.3, -0.25) is 9.36 Å². The van der Waals surface area contributed by atoms with Gasteiger partial charge in [0.25, 0.3) is 5.91 Å². The van der Waals surface area contributed by atoms with Gasteiger partial charge in [0.1, 0.15) is 5.82 Å². The van der Waals surface area contributed by atoms with Crippen LogP contribution in [-0.2, 0) is 6.42 Å². The summed E-state index contributed by atoms with van der Waals surface area (Å²) in [5.41, 5.74) is 7.08. The zero-order valence-corrected chi connectivity index (χ0v) is 18.1. The van der Waals surface area contributed by atoms with Crippen LogP contribution in [0.5, 0.6) is 0 Å². The number of carbonyl (C=O) groups excluding carboxylic acids is 1. The molecule has 0 unspecified atom stereocenters. The molecule has 1 N–H and O–H groups in total. The third-order valence-corrected chi connectivity index (χ3v) is 5.41. The molecule has 4 rings (SSSR count). The third kappa shape index (κ3) is 4.24. The predicted octanol–water partition coefficient (Wildman–Crippen LogP) is 5.58. The first-order chi connectivity index (χ1) is 14.4. The van der Waals surface area contributed by atoms with Crippen molar-refractivity contribution in [1.82, 2.24) is 14.9 Å². The van der Waals surface area contributed by atoms with Gasteiger partial charge in [-0.15, -0.1) is 0 Å². The van der Waals surface area contributed by atoms with E-state index in [1.165, 1.54) is 11.1 Å². The van der Waals surface area contributed by atoms with E-state index in [0.717, 1.165) is 34.5 Å². The van der Waals surface area contributed by atoms with E-state index in [2.05, 4.69) is 41.9 Å². The smallest absolute Gasteiger partial charge is 0.251 e. The molecule has 4 aromatic rings. The molecule has 1 amide bonds. The zero-order chi connectivity index (χ0) is 21.3. The summed E-state index contributed by atoms with van der Waals surface area (Å²) in [6, 6.07) is 19.8. The summed E-state index contributed by atoms with van der Waals surface area (Å²) in [5, 5.41) is 3.70. The van der Waals surface area contributed by atoms with Crippen LogP contribution in [0.2, 0.25) is 5.02 Å². The first-order valence-electron chi connectivity index (χ1n) is 10.0. The van der Waals surface area contributed by atoms with Crippen molar-refractivity contribution in [1.29, 1.82) is 0 Å². The number of aromatic nitrogens is 2. The minimum absolute atomic E-state index is 0.0931. The number of halogens is 1. The van der Waals surface area contributed by atoms with Crippen molar-refractivity contribution in [2.75, 3.05) is 6.54 Å². The Morgan fingerprint density at radius 2 is 1.67 bits per heavy atom. The SMILES string of the molecule is Cc1cc(C)cc(-n2c(C)nc3cc(C(=O)NCCc4ccc(Cl)cc4)ccc32)c1. The average Bonchev–Trinajstić information content (AvgIpc) is 3.03. The number of fused-ring (bicyclic) bond motifs is 1. The molecular formula is C25H24ClN3O. The molecule has 0 fully saturated rings. The molecule has 1 heterocycles. The maximum absolute atomic E-state index is 12.6. The highest BCUT2D eigenvalue weighted by Crippen LogP contribution is 2.24. The minimum atomic E-state index is -0.0931. The minimum Gasteiger partial charge on any atom is -0.352 e. The van der Waals surface area contributed by atoms with Gasteiger partial charge in [-0.2, -0.15) is 0 Å². The van der Waals surface area contributed by atoms with Crippen LogP contribution in [-0.4, -0.2) is 22.0 Å². The Bertz CT molecular complexity index is 1210. The average molecular weight is 418 g/mol. The molecule has 5 heteroatoms. The van der Waals surface area contributed by atoms with E-state index >= 15 is 0 Å². The topological polar surface area (TPSA) is 46.9 Å². The molecule has 30 heavy (non-hydrogen) atoms. The van der Waals surface area contributed by atoms with Crippen molar-refractivity contribution in [2.45, 2.75) is 27.2 Å². The first-order valence-corrected chi connectivity index (χ1v) is 10.4. The van der Waals surface area contributed by atoms with Crippen LogP contribution in [0.1, 0.15) is 32.9 Å². The van der Waals surface area contributed by atoms with Gasteiger partial charge in [-0.1, -0.05) is 29.8 Å². The fourth-order valence-corrected chi connectivity index (χ4v) is 3.95. The van der Waals surface area contributed by atoms with Crippen molar-refractivity contribution in [3.05, 3.63) is 93.8 Å². The van der Waals surface area contributed by atoms with Gasteiger partial charge in [-0.05, 0) is 86.3 Å². The summed E-state index contributed by atoms with van der Waals surface area (Å²) in [5.74, 6) is 0.805. The summed E-state index contributed by atoms with van der Waals surface area (Å²) < 4.78 is 2.14. The highest BCUT2D eigenvalue weighted by molar-refractivity contribution is 6.30. The van der Waals surface area contributed by atoms with Gasteiger partial charge in [0.05, 0.1) is 11.0 Å². The third-order valence-electron chi connectivity index (χ3n) is 5.16. The van der Waals surface area contributed by atoms with E-state index in [0.29, 0.717) is 17.1 Å². The van der Waals surface area contributed by atoms with E-state index < -0.39 is 0 Å². The van der Waals surface area contributed by atoms with Crippen molar-refractivity contribution in [3.63, 3.8) is 0 Å². The Morgan fingerprint density at radius 3 is 2.37 bits per heavy atom. The predicted molar refractivity (Wildman–Crippen MR) is 123 cm³/mol. The Morgan fingerprint density at radius 1 is 0.967 bits per heavy atom. The van der Waals surface area contributed by atoms with E-state index in [1.807, 2.05) is 49.4 Å². The molecule has 152 valence electrons. The van der Waals surface area contributed by atoms with E-state index in [9.17, 15) is 4.79 Å². The van der Waals surface area contributed by atoms with E-state index in [1.54, 1.807) is 0 Å². The number of imidazole rings is 1. The first kappa shape index (κ1) is 20.2. The zero-order valence-electron chi connectivity index (χ0n) is 17.4. The highest BCUT2D eigenvalue weighted by atomic mass is 35.5. The molecule has 3 aromatic carbocycles. The van der Waals surface area contributed by atoms with Crippen LogP contribution in [0, 0.1) is 20.8 Å². The number of nitrogens with zero attached hydrogens (tertiary/aromatic N) is 2. The molecule has 0 aliphatic rings. The molecule has 4 nitrogen and oxygen atoms in total. The fourth-order valence-electron chi connectivity index (χ4n) is 3.82. The lowest BCUT2D eigenvalue weighted by Crippen LogP contribution is -2.25. The van der Waals surface area contributed by atoms with Gasteiger partial charge < -0.3 is 5.32 Å². The molecule has 0 saturated carbocycles. The summed E-state index contributed by atoms with van der Waals surface area (Å²) in [4.78, 5) is 17.3. The maximum Gasteiger partial charge on any atom is 0.251 e. The van der Waals surface area contributed by atoms with Crippen LogP contribution >= 0.6 is 11.6 Å². The Labute approximate surface area is 181 Å².